The number of aryl methyl sites for hydroxylation is 1. The number of hydrogen-bond acceptors (Lipinski definition) is 7. The van der Waals surface area contributed by atoms with Gasteiger partial charge in [0.1, 0.15) is 24.0 Å². The van der Waals surface area contributed by atoms with Crippen LogP contribution in [0.4, 0.5) is 11.6 Å². The number of carbonyl (C=O) groups excluding carboxylic acids is 3. The number of halogens is 1. The molecule has 0 saturated heterocycles. The minimum Gasteiger partial charge on any atom is -0.356 e. The Kier molecular flexibility index (Phi) is 6.36. The number of aromatic nitrogens is 3. The predicted octanol–water partition coefficient (Wildman–Crippen LogP) is 2.30. The van der Waals surface area contributed by atoms with Crippen LogP contribution in [0, 0.1) is 6.92 Å². The number of carbonyl (C=O) groups is 3. The molecule has 0 spiro atoms. The molecule has 0 radical (unpaired) electrons. The van der Waals surface area contributed by atoms with Gasteiger partial charge in [0.15, 0.2) is 11.5 Å². The van der Waals surface area contributed by atoms with Crippen molar-refractivity contribution in [2.75, 3.05) is 23.8 Å². The molecule has 0 fully saturated rings. The second-order valence-corrected chi connectivity index (χ2v) is 8.41. The number of aliphatic hydroxyl groups excluding tert-OH is 1. The normalized spacial score (nSPS) is 15.3. The fourth-order valence-corrected chi connectivity index (χ4v) is 3.89. The van der Waals surface area contributed by atoms with Gasteiger partial charge in [0.25, 0.3) is 5.91 Å². The van der Waals surface area contributed by atoms with Crippen molar-refractivity contribution in [1.82, 2.24) is 19.4 Å². The molecule has 1 aliphatic heterocycles. The van der Waals surface area contributed by atoms with E-state index in [-0.39, 0.29) is 30.4 Å². The maximum Gasteiger partial charge on any atom is 0.278 e. The second kappa shape index (κ2) is 9.24. The Morgan fingerprint density at radius 3 is 2.50 bits per heavy atom. The zero-order valence-corrected chi connectivity index (χ0v) is 19.6. The summed E-state index contributed by atoms with van der Waals surface area (Å²) in [6.45, 7) is 2.52. The standard InChI is InChI=1S/C23H23ClN6O4/c1-13(31)11-30-22(33)20-21(28(3)23(30)34)25-14(2)29(20)12-19(32)27-18-6-4-5-17(26-18)15-7-9-16(24)10-8-15/h4-10,23,34H,11-12H2,1-3H3,(H,26,27,32). The highest BCUT2D eigenvalue weighted by molar-refractivity contribution is 6.30. The molecule has 1 unspecified atom stereocenters. The maximum atomic E-state index is 13.1. The van der Waals surface area contributed by atoms with Gasteiger partial charge in [0, 0.05) is 17.6 Å². The van der Waals surface area contributed by atoms with Crippen molar-refractivity contribution in [1.29, 1.82) is 0 Å². The van der Waals surface area contributed by atoms with Crippen molar-refractivity contribution >= 4 is 40.8 Å². The summed E-state index contributed by atoms with van der Waals surface area (Å²) in [5.74, 6) is -0.265. The first-order chi connectivity index (χ1) is 16.2. The van der Waals surface area contributed by atoms with Gasteiger partial charge in [-0.15, -0.1) is 0 Å². The van der Waals surface area contributed by atoms with Crippen LogP contribution >= 0.6 is 11.6 Å². The molecule has 10 nitrogen and oxygen atoms in total. The van der Waals surface area contributed by atoms with Crippen molar-refractivity contribution in [3.63, 3.8) is 0 Å². The summed E-state index contributed by atoms with van der Waals surface area (Å²) in [6, 6.07) is 12.4. The smallest absolute Gasteiger partial charge is 0.278 e. The number of fused-ring (bicyclic) bond motifs is 1. The van der Waals surface area contributed by atoms with E-state index in [0.717, 1.165) is 10.5 Å². The van der Waals surface area contributed by atoms with E-state index < -0.39 is 18.2 Å². The molecule has 1 aromatic carbocycles. The number of aliphatic hydroxyl groups is 1. The SMILES string of the molecule is CC(=O)CN1C(=O)c2c(nc(C)n2CC(=O)Nc2cccc(-c3ccc(Cl)cc3)n2)N(C)C1O. The van der Waals surface area contributed by atoms with Crippen LogP contribution in [-0.2, 0) is 16.1 Å². The number of Topliss-reactive ketones (excluding diaryl/α,β-unsaturated/α-hetero) is 1. The number of benzene rings is 1. The van der Waals surface area contributed by atoms with Gasteiger partial charge >= 0.3 is 0 Å². The minimum absolute atomic E-state index is 0.129. The lowest BCUT2D eigenvalue weighted by Crippen LogP contribution is -2.55. The van der Waals surface area contributed by atoms with Crippen LogP contribution in [0.3, 0.4) is 0 Å². The van der Waals surface area contributed by atoms with Crippen LogP contribution in [0.15, 0.2) is 42.5 Å². The Hall–Kier alpha value is -3.76. The maximum absolute atomic E-state index is 13.1. The highest BCUT2D eigenvalue weighted by Crippen LogP contribution is 2.29. The zero-order chi connectivity index (χ0) is 24.6. The first-order valence-electron chi connectivity index (χ1n) is 10.5. The second-order valence-electron chi connectivity index (χ2n) is 7.97. The van der Waals surface area contributed by atoms with E-state index in [9.17, 15) is 19.5 Å². The molecular formula is C23H23ClN6O4. The number of hydrogen-bond donors (Lipinski definition) is 2. The number of anilines is 2. The van der Waals surface area contributed by atoms with Gasteiger partial charge in [0.05, 0.1) is 12.2 Å². The highest BCUT2D eigenvalue weighted by Gasteiger charge is 2.40. The fourth-order valence-electron chi connectivity index (χ4n) is 3.76. The van der Waals surface area contributed by atoms with E-state index in [4.69, 9.17) is 11.6 Å². The number of nitrogens with one attached hydrogen (secondary N) is 1. The van der Waals surface area contributed by atoms with Crippen LogP contribution in [0.25, 0.3) is 11.3 Å². The third-order valence-electron chi connectivity index (χ3n) is 5.41. The van der Waals surface area contributed by atoms with Crippen LogP contribution in [0.1, 0.15) is 23.2 Å². The topological polar surface area (TPSA) is 121 Å². The third-order valence-corrected chi connectivity index (χ3v) is 5.67. The van der Waals surface area contributed by atoms with E-state index in [1.54, 1.807) is 38.2 Å². The third kappa shape index (κ3) is 4.50. The average Bonchev–Trinajstić information content (AvgIpc) is 3.12. The fraction of sp³-hybridized carbons (Fsp3) is 0.261. The lowest BCUT2D eigenvalue weighted by Gasteiger charge is -2.38. The highest BCUT2D eigenvalue weighted by atomic mass is 35.5. The monoisotopic (exact) mass is 482 g/mol. The van der Waals surface area contributed by atoms with Gasteiger partial charge < -0.3 is 19.9 Å². The first-order valence-corrected chi connectivity index (χ1v) is 10.8. The van der Waals surface area contributed by atoms with Crippen molar-refractivity contribution in [3.8, 4) is 11.3 Å². The lowest BCUT2D eigenvalue weighted by atomic mass is 10.1. The predicted molar refractivity (Wildman–Crippen MR) is 126 cm³/mol. The molecule has 34 heavy (non-hydrogen) atoms. The molecule has 1 aliphatic rings. The Bertz CT molecular complexity index is 1270. The number of pyridine rings is 1. The number of nitrogens with zero attached hydrogens (tertiary/aromatic N) is 5. The minimum atomic E-state index is -1.33. The first kappa shape index (κ1) is 23.4. The van der Waals surface area contributed by atoms with Crippen LogP contribution in [0.5, 0.6) is 0 Å². The van der Waals surface area contributed by atoms with Gasteiger partial charge in [-0.2, -0.15) is 0 Å². The van der Waals surface area contributed by atoms with Crippen molar-refractivity contribution < 1.29 is 19.5 Å². The Morgan fingerprint density at radius 2 is 1.82 bits per heavy atom. The summed E-state index contributed by atoms with van der Waals surface area (Å²) in [5.41, 5.74) is 1.64. The molecule has 2 N–H and O–H groups in total. The van der Waals surface area contributed by atoms with E-state index in [1.165, 1.54) is 16.4 Å². The van der Waals surface area contributed by atoms with E-state index >= 15 is 0 Å². The molecular weight excluding hydrogens is 460 g/mol. The summed E-state index contributed by atoms with van der Waals surface area (Å²) < 4.78 is 1.46. The van der Waals surface area contributed by atoms with E-state index in [2.05, 4.69) is 15.3 Å². The van der Waals surface area contributed by atoms with Crippen LogP contribution < -0.4 is 10.2 Å². The summed E-state index contributed by atoms with van der Waals surface area (Å²) in [7, 11) is 1.56. The van der Waals surface area contributed by atoms with Crippen molar-refractivity contribution in [2.45, 2.75) is 26.7 Å². The summed E-state index contributed by atoms with van der Waals surface area (Å²) in [4.78, 5) is 48.8. The quantitative estimate of drug-likeness (QED) is 0.553. The summed E-state index contributed by atoms with van der Waals surface area (Å²) in [5, 5.41) is 13.8. The average molecular weight is 483 g/mol. The van der Waals surface area contributed by atoms with Gasteiger partial charge in [-0.25, -0.2) is 9.97 Å². The van der Waals surface area contributed by atoms with E-state index in [1.807, 2.05) is 18.2 Å². The molecule has 2 aromatic heterocycles. The van der Waals surface area contributed by atoms with Gasteiger partial charge in [-0.3, -0.25) is 19.3 Å². The summed E-state index contributed by atoms with van der Waals surface area (Å²) >= 11 is 5.95. The molecule has 0 bridgehead atoms. The number of rotatable bonds is 6. The summed E-state index contributed by atoms with van der Waals surface area (Å²) in [6.07, 6.45) is -1.33. The molecule has 1 atom stereocenters. The number of imidazole rings is 1. The molecule has 3 aromatic rings. The van der Waals surface area contributed by atoms with Gasteiger partial charge in [-0.05, 0) is 38.1 Å². The van der Waals surface area contributed by atoms with E-state index in [0.29, 0.717) is 22.4 Å². The molecule has 0 aliphatic carbocycles. The van der Waals surface area contributed by atoms with Crippen molar-refractivity contribution in [3.05, 3.63) is 59.0 Å². The number of ketones is 1. The Labute approximate surface area is 200 Å². The molecule has 4 rings (SSSR count). The van der Waals surface area contributed by atoms with Crippen LogP contribution in [0.2, 0.25) is 5.02 Å². The lowest BCUT2D eigenvalue weighted by molar-refractivity contribution is -0.120. The Balaban J connectivity index is 1.57. The van der Waals surface area contributed by atoms with Crippen LogP contribution in [-0.4, -0.2) is 62.1 Å². The largest absolute Gasteiger partial charge is 0.356 e. The molecule has 3 heterocycles. The van der Waals surface area contributed by atoms with Crippen molar-refractivity contribution in [2.24, 2.45) is 0 Å². The molecule has 2 amide bonds. The van der Waals surface area contributed by atoms with Gasteiger partial charge in [0.2, 0.25) is 12.3 Å². The van der Waals surface area contributed by atoms with Gasteiger partial charge in [-0.1, -0.05) is 29.8 Å². The molecule has 176 valence electrons. The zero-order valence-electron chi connectivity index (χ0n) is 18.8. The molecule has 0 saturated carbocycles. The Morgan fingerprint density at radius 1 is 1.12 bits per heavy atom. The molecule has 11 heteroatoms. The number of amides is 2.